The first-order valence-corrected chi connectivity index (χ1v) is 7.72. The molecule has 0 aromatic heterocycles. The van der Waals surface area contributed by atoms with Crippen LogP contribution in [-0.4, -0.2) is 21.9 Å². The van der Waals surface area contributed by atoms with E-state index in [0.29, 0.717) is 10.5 Å². The highest BCUT2D eigenvalue weighted by Gasteiger charge is 2.31. The molecule has 3 N–H and O–H groups in total. The molecule has 2 rings (SSSR count). The molecule has 0 aliphatic carbocycles. The minimum Gasteiger partial charge on any atom is -0.481 e. The first kappa shape index (κ1) is 18.0. The van der Waals surface area contributed by atoms with Gasteiger partial charge in [-0.15, -0.1) is 0 Å². The van der Waals surface area contributed by atoms with Crippen LogP contribution in [0.25, 0.3) is 11.1 Å². The third-order valence-electron chi connectivity index (χ3n) is 3.06. The number of nitrogens with two attached hydrogens (primary N) is 1. The van der Waals surface area contributed by atoms with Crippen molar-refractivity contribution in [3.63, 3.8) is 0 Å². The Morgan fingerprint density at radius 2 is 1.79 bits per heavy atom. The van der Waals surface area contributed by atoms with Gasteiger partial charge in [0.15, 0.2) is 6.61 Å². The van der Waals surface area contributed by atoms with Crippen LogP contribution in [0, 0.1) is 0 Å². The van der Waals surface area contributed by atoms with Gasteiger partial charge in [-0.1, -0.05) is 12.1 Å². The lowest BCUT2D eigenvalue weighted by Gasteiger charge is -2.14. The van der Waals surface area contributed by atoms with Crippen LogP contribution in [0.2, 0.25) is 0 Å². The van der Waals surface area contributed by atoms with E-state index in [0.717, 1.165) is 18.2 Å². The number of hydrogen-bond acceptors (Lipinski definition) is 3. The Labute approximate surface area is 137 Å². The van der Waals surface area contributed by atoms with E-state index in [2.05, 4.69) is 0 Å². The van der Waals surface area contributed by atoms with Gasteiger partial charge in [0.1, 0.15) is 16.7 Å². The van der Waals surface area contributed by atoms with Gasteiger partial charge in [-0.05, 0) is 35.9 Å². The summed E-state index contributed by atoms with van der Waals surface area (Å²) in [5.41, 5.74) is -0.484. The van der Waals surface area contributed by atoms with Crippen molar-refractivity contribution in [2.24, 2.45) is 5.14 Å². The Hall–Kier alpha value is -2.39. The van der Waals surface area contributed by atoms with Crippen LogP contribution in [-0.2, 0) is 22.0 Å². The summed E-state index contributed by atoms with van der Waals surface area (Å²) >= 11 is 0. The monoisotopic (exact) mass is 359 g/mol. The number of benzene rings is 2. The van der Waals surface area contributed by atoms with E-state index in [1.807, 2.05) is 0 Å². The normalized spacial score (nSPS) is 12.7. The Morgan fingerprint density at radius 1 is 1.17 bits per heavy atom. The summed E-state index contributed by atoms with van der Waals surface area (Å²) in [6.45, 7) is -0.691. The predicted octanol–water partition coefficient (Wildman–Crippen LogP) is 2.82. The highest BCUT2D eigenvalue weighted by atomic mass is 32.2. The third kappa shape index (κ3) is 4.33. The Bertz CT molecular complexity index is 775. The Balaban J connectivity index is 2.50. The van der Waals surface area contributed by atoms with Crippen LogP contribution in [0.5, 0.6) is 5.75 Å². The van der Waals surface area contributed by atoms with Gasteiger partial charge in [-0.2, -0.15) is 13.2 Å². The van der Waals surface area contributed by atoms with E-state index in [-0.39, 0.29) is 11.3 Å². The highest BCUT2D eigenvalue weighted by Crippen LogP contribution is 2.37. The topological polar surface area (TPSA) is 89.6 Å². The van der Waals surface area contributed by atoms with E-state index in [1.54, 1.807) is 0 Å². The first-order valence-electron chi connectivity index (χ1n) is 6.51. The predicted molar refractivity (Wildman–Crippen MR) is 80.6 cm³/mol. The largest absolute Gasteiger partial charge is 0.481 e. The lowest BCUT2D eigenvalue weighted by atomic mass is 10.0. The summed E-state index contributed by atoms with van der Waals surface area (Å²) in [6.07, 6.45) is -4.56. The molecule has 0 aliphatic heterocycles. The fourth-order valence-corrected chi connectivity index (χ4v) is 2.37. The summed E-state index contributed by atoms with van der Waals surface area (Å²) in [4.78, 5) is 10.9. The van der Waals surface area contributed by atoms with Crippen LogP contribution < -0.4 is 9.88 Å². The van der Waals surface area contributed by atoms with Gasteiger partial charge >= 0.3 is 12.1 Å². The number of alkyl halides is 3. The molecular weight excluding hydrogens is 347 g/mol. The quantitative estimate of drug-likeness (QED) is 0.859. The zero-order chi connectivity index (χ0) is 17.9. The number of carboxylic acid groups (broad SMARTS) is 1. The second-order valence-electron chi connectivity index (χ2n) is 4.71. The van der Waals surface area contributed by atoms with Crippen LogP contribution in [0.15, 0.2) is 47.4 Å². The van der Waals surface area contributed by atoms with E-state index >= 15 is 0 Å². The van der Waals surface area contributed by atoms with E-state index in [9.17, 15) is 22.2 Å². The van der Waals surface area contributed by atoms with Gasteiger partial charge in [0.2, 0.25) is 0 Å². The summed E-state index contributed by atoms with van der Waals surface area (Å²) < 4.78 is 54.9. The second-order valence-corrected chi connectivity index (χ2v) is 5.78. The third-order valence-corrected chi connectivity index (χ3v) is 3.79. The van der Waals surface area contributed by atoms with Gasteiger partial charge in [0, 0.05) is 5.56 Å². The zero-order valence-corrected chi connectivity index (χ0v) is 12.9. The lowest BCUT2D eigenvalue weighted by Crippen LogP contribution is -2.11. The van der Waals surface area contributed by atoms with E-state index in [4.69, 9.17) is 15.0 Å². The number of ether oxygens (including phenoxy) is 1. The minimum absolute atomic E-state index is 0.00739. The Morgan fingerprint density at radius 3 is 2.29 bits per heavy atom. The van der Waals surface area contributed by atoms with Crippen LogP contribution in [0.4, 0.5) is 13.2 Å². The van der Waals surface area contributed by atoms with Crippen molar-refractivity contribution in [2.75, 3.05) is 6.61 Å². The standard InChI is InChI=1S/C15H12F3NO4S/c16-15(17,18)10-3-6-13(23-8-14(20)21)12(7-10)9-1-4-11(5-2-9)24(19)22/h1-7H,8,19H2,(H,20,21). The molecule has 0 bridgehead atoms. The molecule has 0 saturated carbocycles. The minimum atomic E-state index is -4.56. The highest BCUT2D eigenvalue weighted by molar-refractivity contribution is 7.82. The number of carbonyl (C=O) groups is 1. The molecule has 2 aromatic rings. The summed E-state index contributed by atoms with van der Waals surface area (Å²) in [5, 5.41) is 13.9. The SMILES string of the molecule is NS(=O)c1ccc(-c2cc(C(F)(F)F)ccc2OCC(=O)O)cc1. The van der Waals surface area contributed by atoms with Crippen molar-refractivity contribution in [3.8, 4) is 16.9 Å². The molecule has 0 amide bonds. The number of aliphatic carboxylic acids is 1. The fraction of sp³-hybridized carbons (Fsp3) is 0.133. The molecule has 9 heteroatoms. The lowest BCUT2D eigenvalue weighted by molar-refractivity contribution is -0.140. The number of carboxylic acids is 1. The second kappa shape index (κ2) is 7.02. The van der Waals surface area contributed by atoms with Crippen LogP contribution in [0.1, 0.15) is 5.56 Å². The number of rotatable bonds is 5. The molecule has 5 nitrogen and oxygen atoms in total. The average molecular weight is 359 g/mol. The fourth-order valence-electron chi connectivity index (χ4n) is 1.97. The van der Waals surface area contributed by atoms with Crippen molar-refractivity contribution in [3.05, 3.63) is 48.0 Å². The molecule has 0 aliphatic rings. The summed E-state index contributed by atoms with van der Waals surface area (Å²) in [5.74, 6) is -1.26. The molecule has 2 aromatic carbocycles. The molecule has 24 heavy (non-hydrogen) atoms. The average Bonchev–Trinajstić information content (AvgIpc) is 2.52. The van der Waals surface area contributed by atoms with Crippen molar-refractivity contribution in [2.45, 2.75) is 11.1 Å². The summed E-state index contributed by atoms with van der Waals surface area (Å²) in [6, 6.07) is 8.43. The van der Waals surface area contributed by atoms with Gasteiger partial charge in [-0.25, -0.2) is 14.1 Å². The zero-order valence-electron chi connectivity index (χ0n) is 12.0. The molecule has 0 fully saturated rings. The van der Waals surface area contributed by atoms with Crippen molar-refractivity contribution in [1.82, 2.24) is 0 Å². The maximum Gasteiger partial charge on any atom is 0.416 e. The molecule has 128 valence electrons. The van der Waals surface area contributed by atoms with Crippen molar-refractivity contribution < 1.29 is 32.0 Å². The molecule has 0 heterocycles. The van der Waals surface area contributed by atoms with Gasteiger partial charge in [0.25, 0.3) is 0 Å². The molecule has 1 atom stereocenters. The maximum absolute atomic E-state index is 12.9. The van der Waals surface area contributed by atoms with Crippen molar-refractivity contribution in [1.29, 1.82) is 0 Å². The Kier molecular flexibility index (Phi) is 5.25. The number of halogens is 3. The van der Waals surface area contributed by atoms with E-state index < -0.39 is 35.3 Å². The van der Waals surface area contributed by atoms with Gasteiger partial charge in [0.05, 0.1) is 10.5 Å². The van der Waals surface area contributed by atoms with Crippen LogP contribution in [0.3, 0.4) is 0 Å². The van der Waals surface area contributed by atoms with Gasteiger partial charge in [-0.3, -0.25) is 0 Å². The van der Waals surface area contributed by atoms with E-state index in [1.165, 1.54) is 24.3 Å². The summed E-state index contributed by atoms with van der Waals surface area (Å²) in [7, 11) is -1.72. The maximum atomic E-state index is 12.9. The smallest absolute Gasteiger partial charge is 0.416 e. The van der Waals surface area contributed by atoms with Crippen LogP contribution >= 0.6 is 0 Å². The molecule has 0 spiro atoms. The van der Waals surface area contributed by atoms with Gasteiger partial charge < -0.3 is 9.84 Å². The van der Waals surface area contributed by atoms with Crippen molar-refractivity contribution >= 4 is 17.0 Å². The number of hydrogen-bond donors (Lipinski definition) is 2. The first-order chi connectivity index (χ1) is 11.2. The molecule has 1 unspecified atom stereocenters. The molecular formula is C15H12F3NO4S. The molecule has 0 saturated heterocycles. The molecule has 0 radical (unpaired) electrons.